The molecule has 0 saturated heterocycles. The molecule has 0 unspecified atom stereocenters. The van der Waals surface area contributed by atoms with Crippen LogP contribution in [0.4, 0.5) is 5.69 Å². The second kappa shape index (κ2) is 11.9. The number of carbonyl (C=O) groups excluding carboxylic acids is 2. The van der Waals surface area contributed by atoms with Gasteiger partial charge in [-0.1, -0.05) is 43.4 Å². The Morgan fingerprint density at radius 1 is 1.12 bits per heavy atom. The van der Waals surface area contributed by atoms with Gasteiger partial charge in [-0.3, -0.25) is 14.2 Å². The van der Waals surface area contributed by atoms with Crippen LogP contribution in [0.2, 0.25) is 0 Å². The van der Waals surface area contributed by atoms with Gasteiger partial charge in [0.1, 0.15) is 0 Å². The largest absolute Gasteiger partial charge is 0.493 e. The zero-order chi connectivity index (χ0) is 29.1. The molecule has 0 aliphatic carbocycles. The van der Waals surface area contributed by atoms with Crippen molar-refractivity contribution in [2.45, 2.75) is 33.7 Å². The maximum absolute atomic E-state index is 13.9. The number of anilines is 1. The highest BCUT2D eigenvalue weighted by atomic mass is 32.1. The number of methoxy groups -OCH3 is 1. The number of thiazole rings is 1. The van der Waals surface area contributed by atoms with Gasteiger partial charge in [-0.15, -0.1) is 0 Å². The lowest BCUT2D eigenvalue weighted by molar-refractivity contribution is -0.140. The number of carbonyl (C=O) groups is 2. The maximum atomic E-state index is 13.9. The number of hydrogen-bond acceptors (Lipinski definition) is 9. The summed E-state index contributed by atoms with van der Waals surface area (Å²) >= 11 is 1.25. The molecule has 0 amide bonds. The van der Waals surface area contributed by atoms with Crippen LogP contribution in [0.15, 0.2) is 63.5 Å². The van der Waals surface area contributed by atoms with Crippen LogP contribution >= 0.6 is 11.3 Å². The summed E-state index contributed by atoms with van der Waals surface area (Å²) in [5.41, 5.74) is 2.94. The van der Waals surface area contributed by atoms with E-state index in [2.05, 4.69) is 4.99 Å². The number of benzene rings is 2. The van der Waals surface area contributed by atoms with Crippen molar-refractivity contribution in [2.24, 2.45) is 10.9 Å². The smallest absolute Gasteiger partial charge is 0.338 e. The van der Waals surface area contributed by atoms with Crippen molar-refractivity contribution in [1.82, 2.24) is 4.57 Å². The average molecular weight is 564 g/mol. The first-order valence-corrected chi connectivity index (χ1v) is 13.6. The first-order valence-electron chi connectivity index (χ1n) is 12.8. The lowest BCUT2D eigenvalue weighted by atomic mass is 9.95. The van der Waals surface area contributed by atoms with Crippen molar-refractivity contribution in [1.29, 1.82) is 0 Å². The summed E-state index contributed by atoms with van der Waals surface area (Å²) < 4.78 is 18.3. The molecule has 1 atom stereocenters. The predicted molar refractivity (Wildman–Crippen MR) is 155 cm³/mol. The number of aromatic nitrogens is 1. The molecule has 2 heterocycles. The molecule has 1 aliphatic heterocycles. The Morgan fingerprint density at radius 2 is 1.82 bits per heavy atom. The highest BCUT2D eigenvalue weighted by Crippen LogP contribution is 2.36. The van der Waals surface area contributed by atoms with Gasteiger partial charge in [0.25, 0.3) is 5.56 Å². The van der Waals surface area contributed by atoms with Gasteiger partial charge in [0, 0.05) is 26.7 Å². The Bertz CT molecular complexity index is 1650. The summed E-state index contributed by atoms with van der Waals surface area (Å²) in [4.78, 5) is 46.0. The number of ether oxygens (including phenoxy) is 3. The molecule has 0 spiro atoms. The van der Waals surface area contributed by atoms with E-state index in [-0.39, 0.29) is 29.4 Å². The summed E-state index contributed by atoms with van der Waals surface area (Å²) in [7, 11) is 5.39. The quantitative estimate of drug-likeness (QED) is 0.306. The Kier molecular flexibility index (Phi) is 8.58. The summed E-state index contributed by atoms with van der Waals surface area (Å²) in [5, 5.41) is 0. The second-order valence-corrected chi connectivity index (χ2v) is 11.1. The molecule has 4 rings (SSSR count). The number of fused-ring (bicyclic) bond motifs is 1. The van der Waals surface area contributed by atoms with Crippen LogP contribution in [0.3, 0.4) is 0 Å². The molecule has 0 radical (unpaired) electrons. The third-order valence-corrected chi connectivity index (χ3v) is 7.24. The molecule has 0 bridgehead atoms. The average Bonchev–Trinajstić information content (AvgIpc) is 3.20. The molecule has 0 saturated carbocycles. The minimum atomic E-state index is -0.825. The third-order valence-electron chi connectivity index (χ3n) is 6.25. The molecule has 2 aromatic carbocycles. The van der Waals surface area contributed by atoms with Crippen LogP contribution in [0, 0.1) is 5.92 Å². The fourth-order valence-electron chi connectivity index (χ4n) is 4.33. The molecular formula is C30H33N3O6S. The van der Waals surface area contributed by atoms with Gasteiger partial charge >= 0.3 is 11.9 Å². The van der Waals surface area contributed by atoms with E-state index in [4.69, 9.17) is 14.2 Å². The van der Waals surface area contributed by atoms with E-state index < -0.39 is 18.0 Å². The minimum Gasteiger partial charge on any atom is -0.493 e. The predicted octanol–water partition coefficient (Wildman–Crippen LogP) is 3.43. The van der Waals surface area contributed by atoms with Crippen molar-refractivity contribution in [2.75, 3.05) is 32.7 Å². The molecular weight excluding hydrogens is 530 g/mol. The first kappa shape index (κ1) is 28.8. The van der Waals surface area contributed by atoms with Gasteiger partial charge in [0.2, 0.25) is 0 Å². The van der Waals surface area contributed by atoms with Crippen molar-refractivity contribution >= 4 is 35.0 Å². The van der Waals surface area contributed by atoms with Crippen molar-refractivity contribution in [3.8, 4) is 11.5 Å². The number of allylic oxidation sites excluding steroid dienone is 1. The molecule has 1 aromatic heterocycles. The summed E-state index contributed by atoms with van der Waals surface area (Å²) in [6.45, 7) is 7.16. The lowest BCUT2D eigenvalue weighted by Crippen LogP contribution is -2.40. The fourth-order valence-corrected chi connectivity index (χ4v) is 5.38. The summed E-state index contributed by atoms with van der Waals surface area (Å²) in [5.74, 6) is -0.383. The summed E-state index contributed by atoms with van der Waals surface area (Å²) in [6.07, 6.45) is 1.82. The standard InChI is InChI=1S/C30H33N3O6S/c1-17(2)16-38-29(36)26-18(3)31-30-33(27(26)21-10-13-23(39-19(4)34)24(15-21)37-7)28(35)25(40-30)14-20-8-11-22(12-9-20)32(5)6/h8-15,17,27H,16H2,1-7H3/b25-14-/t27-/m1/s1. The van der Waals surface area contributed by atoms with Crippen molar-refractivity contribution in [3.63, 3.8) is 0 Å². The fraction of sp³-hybridized carbons (Fsp3) is 0.333. The zero-order valence-corrected chi connectivity index (χ0v) is 24.5. The Hall–Kier alpha value is -4.18. The molecule has 0 N–H and O–H groups in total. The number of esters is 2. The molecule has 40 heavy (non-hydrogen) atoms. The zero-order valence-electron chi connectivity index (χ0n) is 23.7. The monoisotopic (exact) mass is 563 g/mol. The highest BCUT2D eigenvalue weighted by molar-refractivity contribution is 7.07. The van der Waals surface area contributed by atoms with Gasteiger partial charge in [0.15, 0.2) is 16.3 Å². The van der Waals surface area contributed by atoms with Crippen LogP contribution in [0.25, 0.3) is 6.08 Å². The van der Waals surface area contributed by atoms with E-state index in [9.17, 15) is 14.4 Å². The van der Waals surface area contributed by atoms with Gasteiger partial charge < -0.3 is 19.1 Å². The number of nitrogens with zero attached hydrogens (tertiary/aromatic N) is 3. The van der Waals surface area contributed by atoms with Crippen LogP contribution in [0.5, 0.6) is 11.5 Å². The first-order chi connectivity index (χ1) is 19.0. The van der Waals surface area contributed by atoms with Gasteiger partial charge in [-0.25, -0.2) is 9.79 Å². The van der Waals surface area contributed by atoms with Gasteiger partial charge in [-0.2, -0.15) is 0 Å². The van der Waals surface area contributed by atoms with Crippen LogP contribution < -0.4 is 29.3 Å². The van der Waals surface area contributed by atoms with E-state index in [1.165, 1.54) is 29.9 Å². The van der Waals surface area contributed by atoms with E-state index in [0.29, 0.717) is 26.3 Å². The van der Waals surface area contributed by atoms with Crippen LogP contribution in [0.1, 0.15) is 44.9 Å². The third kappa shape index (κ3) is 6.02. The maximum Gasteiger partial charge on any atom is 0.338 e. The highest BCUT2D eigenvalue weighted by Gasteiger charge is 2.34. The second-order valence-electron chi connectivity index (χ2n) is 10.1. The molecule has 1 aliphatic rings. The molecule has 0 fully saturated rings. The molecule has 210 valence electrons. The molecule has 3 aromatic rings. The van der Waals surface area contributed by atoms with Crippen molar-refractivity contribution < 1.29 is 23.8 Å². The number of hydrogen-bond donors (Lipinski definition) is 0. The normalized spacial score (nSPS) is 15.0. The Morgan fingerprint density at radius 3 is 2.42 bits per heavy atom. The molecule has 9 nitrogen and oxygen atoms in total. The minimum absolute atomic E-state index is 0.131. The SMILES string of the molecule is COc1cc([C@@H]2C(C(=O)OCC(C)C)=C(C)N=c3s/c(=C\c4ccc(N(C)C)cc4)c(=O)n32)ccc1OC(C)=O. The topological polar surface area (TPSA) is 99.4 Å². The van der Waals surface area contributed by atoms with Crippen LogP contribution in [-0.2, 0) is 14.3 Å². The van der Waals surface area contributed by atoms with E-state index in [1.54, 1.807) is 25.1 Å². The van der Waals surface area contributed by atoms with E-state index in [0.717, 1.165) is 11.3 Å². The Balaban J connectivity index is 1.90. The van der Waals surface area contributed by atoms with E-state index >= 15 is 0 Å². The lowest BCUT2D eigenvalue weighted by Gasteiger charge is -2.25. The molecule has 10 heteroatoms. The van der Waals surface area contributed by atoms with Gasteiger partial charge in [0.05, 0.1) is 35.6 Å². The van der Waals surface area contributed by atoms with Crippen molar-refractivity contribution in [3.05, 3.63) is 84.5 Å². The Labute approximate surface area is 236 Å². The van der Waals surface area contributed by atoms with E-state index in [1.807, 2.05) is 63.2 Å². The summed E-state index contributed by atoms with van der Waals surface area (Å²) in [6, 6.07) is 12.0. The van der Waals surface area contributed by atoms with Gasteiger partial charge in [-0.05, 0) is 54.3 Å². The van der Waals surface area contributed by atoms with Crippen LogP contribution in [-0.4, -0.2) is 44.3 Å². The number of rotatable bonds is 8.